The number of aromatic nitrogens is 2. The van der Waals surface area contributed by atoms with Crippen molar-refractivity contribution in [1.29, 1.82) is 0 Å². The number of imidazole rings is 1. The second-order valence-corrected chi connectivity index (χ2v) is 5.70. The number of fused-ring (bicyclic) bond motifs is 1. The summed E-state index contributed by atoms with van der Waals surface area (Å²) < 4.78 is 12.7. The molecule has 0 spiro atoms. The van der Waals surface area contributed by atoms with Crippen molar-refractivity contribution in [3.05, 3.63) is 54.2 Å². The van der Waals surface area contributed by atoms with Gasteiger partial charge in [-0.25, -0.2) is 4.98 Å². The summed E-state index contributed by atoms with van der Waals surface area (Å²) in [6.07, 6.45) is 2.27. The predicted molar refractivity (Wildman–Crippen MR) is 89.5 cm³/mol. The highest BCUT2D eigenvalue weighted by molar-refractivity contribution is 5.75. The molecule has 1 aromatic carbocycles. The minimum Gasteiger partial charge on any atom is -0.467 e. The predicted octanol–water partition coefficient (Wildman–Crippen LogP) is 2.13. The number of hydrogen-bond acceptors (Lipinski definition) is 5. The van der Waals surface area contributed by atoms with E-state index in [1.807, 2.05) is 34.9 Å². The summed E-state index contributed by atoms with van der Waals surface area (Å²) in [5, 5.41) is 19.4. The Balaban J connectivity index is 1.65. The van der Waals surface area contributed by atoms with Crippen LogP contribution in [0.2, 0.25) is 0 Å². The molecule has 0 bridgehead atoms. The third-order valence-corrected chi connectivity index (χ3v) is 3.82. The van der Waals surface area contributed by atoms with Gasteiger partial charge in [0.2, 0.25) is 0 Å². The molecule has 6 nitrogen and oxygen atoms in total. The van der Waals surface area contributed by atoms with Crippen LogP contribution in [0.3, 0.4) is 0 Å². The Morgan fingerprint density at radius 3 is 2.88 bits per heavy atom. The van der Waals surface area contributed by atoms with Gasteiger partial charge in [0.1, 0.15) is 18.2 Å². The summed E-state index contributed by atoms with van der Waals surface area (Å²) in [6, 6.07) is 11.5. The molecule has 0 radical (unpaired) electrons. The number of aryl methyl sites for hydroxylation is 1. The minimum atomic E-state index is -0.648. The zero-order valence-corrected chi connectivity index (χ0v) is 13.5. The Bertz CT molecular complexity index is 752. The first kappa shape index (κ1) is 16.7. The maximum Gasteiger partial charge on any atom is 0.129 e. The van der Waals surface area contributed by atoms with Crippen LogP contribution < -0.4 is 0 Å². The smallest absolute Gasteiger partial charge is 0.129 e. The standard InChI is InChI=1S/C18H22N2O4/c21-9-3-8-18-19-16-6-1-2-7-17(16)20(18)11-14(22)12-23-13-15-5-4-10-24-15/h1-2,4-7,10,14,21-22H,3,8-9,11-13H2. The van der Waals surface area contributed by atoms with Crippen LogP contribution in [0.25, 0.3) is 11.0 Å². The molecule has 0 fully saturated rings. The number of nitrogens with zero attached hydrogens (tertiary/aromatic N) is 2. The van der Waals surface area contributed by atoms with E-state index in [-0.39, 0.29) is 13.2 Å². The van der Waals surface area contributed by atoms with Crippen LogP contribution in [0.15, 0.2) is 47.1 Å². The second-order valence-electron chi connectivity index (χ2n) is 5.70. The SMILES string of the molecule is OCCCc1nc2ccccc2n1CC(O)COCc1ccco1. The number of aliphatic hydroxyl groups excluding tert-OH is 2. The van der Waals surface area contributed by atoms with Crippen molar-refractivity contribution in [2.75, 3.05) is 13.2 Å². The fraction of sp³-hybridized carbons (Fsp3) is 0.389. The van der Waals surface area contributed by atoms with Crippen LogP contribution in [-0.2, 0) is 24.3 Å². The van der Waals surface area contributed by atoms with Crippen molar-refractivity contribution in [3.63, 3.8) is 0 Å². The Labute approximate surface area is 140 Å². The van der Waals surface area contributed by atoms with Crippen LogP contribution in [0.5, 0.6) is 0 Å². The quantitative estimate of drug-likeness (QED) is 0.628. The van der Waals surface area contributed by atoms with Gasteiger partial charge in [-0.3, -0.25) is 0 Å². The molecule has 3 aromatic rings. The molecule has 0 aliphatic rings. The molecule has 128 valence electrons. The summed E-state index contributed by atoms with van der Waals surface area (Å²) in [5.41, 5.74) is 1.88. The molecule has 0 saturated heterocycles. The molecule has 0 amide bonds. The lowest BCUT2D eigenvalue weighted by Crippen LogP contribution is -2.23. The van der Waals surface area contributed by atoms with Crippen LogP contribution >= 0.6 is 0 Å². The highest BCUT2D eigenvalue weighted by atomic mass is 16.5. The van der Waals surface area contributed by atoms with E-state index >= 15 is 0 Å². The highest BCUT2D eigenvalue weighted by Gasteiger charge is 2.14. The Morgan fingerprint density at radius 1 is 1.21 bits per heavy atom. The monoisotopic (exact) mass is 330 g/mol. The molecule has 2 heterocycles. The second kappa shape index (κ2) is 8.10. The van der Waals surface area contributed by atoms with E-state index < -0.39 is 6.10 Å². The zero-order valence-electron chi connectivity index (χ0n) is 13.5. The van der Waals surface area contributed by atoms with Gasteiger partial charge >= 0.3 is 0 Å². The summed E-state index contributed by atoms with van der Waals surface area (Å²) in [6.45, 7) is 1.08. The van der Waals surface area contributed by atoms with E-state index in [0.29, 0.717) is 26.0 Å². The molecule has 6 heteroatoms. The van der Waals surface area contributed by atoms with E-state index in [9.17, 15) is 5.11 Å². The fourth-order valence-electron chi connectivity index (χ4n) is 2.71. The first-order valence-corrected chi connectivity index (χ1v) is 8.11. The highest BCUT2D eigenvalue weighted by Crippen LogP contribution is 2.18. The first-order valence-electron chi connectivity index (χ1n) is 8.11. The van der Waals surface area contributed by atoms with Gasteiger partial charge in [-0.15, -0.1) is 0 Å². The maximum atomic E-state index is 10.3. The summed E-state index contributed by atoms with van der Waals surface area (Å²) in [4.78, 5) is 4.61. The Hall–Kier alpha value is -2.15. The first-order chi connectivity index (χ1) is 11.8. The number of furan rings is 1. The molecule has 2 N–H and O–H groups in total. The summed E-state index contributed by atoms with van der Waals surface area (Å²) in [5.74, 6) is 1.61. The van der Waals surface area contributed by atoms with Crippen molar-refractivity contribution in [1.82, 2.24) is 9.55 Å². The molecule has 2 aromatic heterocycles. The average Bonchev–Trinajstić information content (AvgIpc) is 3.21. The third-order valence-electron chi connectivity index (χ3n) is 3.82. The topological polar surface area (TPSA) is 80.7 Å². The van der Waals surface area contributed by atoms with Crippen LogP contribution in [0.1, 0.15) is 18.0 Å². The van der Waals surface area contributed by atoms with Crippen molar-refractivity contribution in [3.8, 4) is 0 Å². The number of benzene rings is 1. The number of rotatable bonds is 9. The number of hydrogen-bond donors (Lipinski definition) is 2. The van der Waals surface area contributed by atoms with E-state index in [1.165, 1.54) is 0 Å². The fourth-order valence-corrected chi connectivity index (χ4v) is 2.71. The Morgan fingerprint density at radius 2 is 2.08 bits per heavy atom. The number of para-hydroxylation sites is 2. The Kier molecular flexibility index (Phi) is 5.63. The molecule has 24 heavy (non-hydrogen) atoms. The number of aliphatic hydroxyl groups is 2. The van der Waals surface area contributed by atoms with E-state index in [1.54, 1.807) is 12.3 Å². The molecule has 1 unspecified atom stereocenters. The number of ether oxygens (including phenoxy) is 1. The molecular formula is C18H22N2O4. The maximum absolute atomic E-state index is 10.3. The van der Waals surface area contributed by atoms with Crippen LogP contribution in [0.4, 0.5) is 0 Å². The van der Waals surface area contributed by atoms with Crippen molar-refractivity contribution in [2.45, 2.75) is 32.1 Å². The largest absolute Gasteiger partial charge is 0.467 e. The minimum absolute atomic E-state index is 0.123. The summed E-state index contributed by atoms with van der Waals surface area (Å²) in [7, 11) is 0. The van der Waals surface area contributed by atoms with Gasteiger partial charge in [-0.05, 0) is 30.7 Å². The molecular weight excluding hydrogens is 308 g/mol. The van der Waals surface area contributed by atoms with Crippen LogP contribution in [-0.4, -0.2) is 39.1 Å². The lowest BCUT2D eigenvalue weighted by molar-refractivity contribution is 0.0148. The molecule has 0 saturated carbocycles. The van der Waals surface area contributed by atoms with Crippen LogP contribution in [0, 0.1) is 0 Å². The molecule has 0 aliphatic heterocycles. The molecule has 3 rings (SSSR count). The third kappa shape index (κ3) is 4.03. The van der Waals surface area contributed by atoms with Crippen molar-refractivity contribution in [2.24, 2.45) is 0 Å². The van der Waals surface area contributed by atoms with E-state index in [0.717, 1.165) is 22.6 Å². The zero-order chi connectivity index (χ0) is 16.8. The molecule has 0 aliphatic carbocycles. The van der Waals surface area contributed by atoms with Gasteiger partial charge in [-0.2, -0.15) is 0 Å². The van der Waals surface area contributed by atoms with E-state index in [2.05, 4.69) is 4.98 Å². The lowest BCUT2D eigenvalue weighted by Gasteiger charge is -2.14. The van der Waals surface area contributed by atoms with Crippen molar-refractivity contribution < 1.29 is 19.4 Å². The van der Waals surface area contributed by atoms with Gasteiger partial charge in [-0.1, -0.05) is 12.1 Å². The van der Waals surface area contributed by atoms with Gasteiger partial charge in [0, 0.05) is 13.0 Å². The molecule has 1 atom stereocenters. The van der Waals surface area contributed by atoms with Gasteiger partial charge in [0.15, 0.2) is 0 Å². The lowest BCUT2D eigenvalue weighted by atomic mass is 10.3. The van der Waals surface area contributed by atoms with Gasteiger partial charge < -0.3 is 23.9 Å². The van der Waals surface area contributed by atoms with E-state index in [4.69, 9.17) is 14.3 Å². The van der Waals surface area contributed by atoms with Crippen molar-refractivity contribution >= 4 is 11.0 Å². The van der Waals surface area contributed by atoms with Gasteiger partial charge in [0.25, 0.3) is 0 Å². The van der Waals surface area contributed by atoms with Gasteiger partial charge in [0.05, 0.1) is 36.6 Å². The normalized spacial score (nSPS) is 12.8. The summed E-state index contributed by atoms with van der Waals surface area (Å²) >= 11 is 0. The average molecular weight is 330 g/mol.